The number of aromatic nitrogens is 1. The Labute approximate surface area is 177 Å². The van der Waals surface area contributed by atoms with Crippen LogP contribution in [-0.2, 0) is 6.54 Å². The van der Waals surface area contributed by atoms with Crippen LogP contribution in [0.15, 0.2) is 52.3 Å². The number of anilines is 1. The summed E-state index contributed by atoms with van der Waals surface area (Å²) in [6.07, 6.45) is 1.94. The fourth-order valence-corrected chi connectivity index (χ4v) is 3.96. The van der Waals surface area contributed by atoms with Crippen molar-refractivity contribution in [2.75, 3.05) is 44.7 Å². The van der Waals surface area contributed by atoms with Gasteiger partial charge in [0.25, 0.3) is 5.56 Å². The molecule has 1 N–H and O–H groups in total. The minimum atomic E-state index is 0.0742. The van der Waals surface area contributed by atoms with Crippen LogP contribution in [0, 0.1) is 6.92 Å². The highest BCUT2D eigenvalue weighted by molar-refractivity contribution is 6.33. The lowest BCUT2D eigenvalue weighted by Crippen LogP contribution is -2.52. The number of aryl methyl sites for hydroxylation is 1. The molecule has 6 nitrogen and oxygen atoms in total. The number of para-hydroxylation sites is 1. The Morgan fingerprint density at radius 1 is 1.07 bits per heavy atom. The summed E-state index contributed by atoms with van der Waals surface area (Å²) in [5.74, 6) is 0.942. The Kier molecular flexibility index (Phi) is 7.58. The molecule has 1 fully saturated rings. The number of rotatable bonds is 6. The summed E-state index contributed by atoms with van der Waals surface area (Å²) in [7, 11) is 1.83. The average Bonchev–Trinajstić information content (AvgIpc) is 2.73. The lowest BCUT2D eigenvalue weighted by atomic mass is 10.2. The van der Waals surface area contributed by atoms with Crippen LogP contribution in [-0.4, -0.2) is 55.2 Å². The van der Waals surface area contributed by atoms with Crippen LogP contribution in [0.25, 0.3) is 0 Å². The topological polar surface area (TPSA) is 52.9 Å². The van der Waals surface area contributed by atoms with Crippen LogP contribution in [0.1, 0.15) is 18.5 Å². The van der Waals surface area contributed by atoms with Crippen molar-refractivity contribution >= 4 is 23.2 Å². The van der Waals surface area contributed by atoms with Crippen molar-refractivity contribution in [3.63, 3.8) is 0 Å². The van der Waals surface area contributed by atoms with Crippen LogP contribution < -0.4 is 15.8 Å². The number of hydrogen-bond acceptors (Lipinski definition) is 3. The standard InChI is InChI=1S/C22H30ClN5O/c1-18-8-7-11-21(29)28(18)13-6-5-12-25-22(24-2)27-16-14-26(15-17-27)20-10-4-3-9-19(20)23/h3-4,7-11H,5-6,12-17H2,1-2H3,(H,24,25). The number of halogens is 1. The highest BCUT2D eigenvalue weighted by Gasteiger charge is 2.20. The molecule has 1 saturated heterocycles. The molecule has 0 atom stereocenters. The maximum Gasteiger partial charge on any atom is 0.250 e. The monoisotopic (exact) mass is 415 g/mol. The van der Waals surface area contributed by atoms with Gasteiger partial charge in [0.2, 0.25) is 0 Å². The molecule has 3 rings (SSSR count). The van der Waals surface area contributed by atoms with Gasteiger partial charge in [0.15, 0.2) is 5.96 Å². The van der Waals surface area contributed by atoms with Crippen molar-refractivity contribution in [3.05, 3.63) is 63.5 Å². The molecule has 7 heteroatoms. The highest BCUT2D eigenvalue weighted by Crippen LogP contribution is 2.25. The van der Waals surface area contributed by atoms with Crippen molar-refractivity contribution in [3.8, 4) is 0 Å². The number of nitrogens with one attached hydrogen (secondary N) is 1. The number of piperazine rings is 1. The fraction of sp³-hybridized carbons (Fsp3) is 0.455. The van der Waals surface area contributed by atoms with Crippen molar-refractivity contribution in [2.45, 2.75) is 26.3 Å². The number of nitrogens with zero attached hydrogens (tertiary/aromatic N) is 4. The van der Waals surface area contributed by atoms with E-state index in [4.69, 9.17) is 11.6 Å². The van der Waals surface area contributed by atoms with Gasteiger partial charge in [-0.25, -0.2) is 0 Å². The number of unbranched alkanes of at least 4 members (excludes halogenated alkanes) is 1. The molecule has 0 saturated carbocycles. The Bertz CT molecular complexity index is 887. The van der Waals surface area contributed by atoms with Gasteiger partial charge >= 0.3 is 0 Å². The number of pyridine rings is 1. The van der Waals surface area contributed by atoms with E-state index in [2.05, 4.69) is 26.2 Å². The predicted molar refractivity (Wildman–Crippen MR) is 121 cm³/mol. The summed E-state index contributed by atoms with van der Waals surface area (Å²) in [6, 6.07) is 13.4. The normalized spacial score (nSPS) is 14.9. The van der Waals surface area contributed by atoms with Crippen LogP contribution >= 0.6 is 11.6 Å². The SMILES string of the molecule is CN=C(NCCCCn1c(C)cccc1=O)N1CCN(c2ccccc2Cl)CC1. The summed E-state index contributed by atoms with van der Waals surface area (Å²) in [5, 5.41) is 4.27. The second kappa shape index (κ2) is 10.3. The molecular formula is C22H30ClN5O. The van der Waals surface area contributed by atoms with Crippen LogP contribution in [0.4, 0.5) is 5.69 Å². The highest BCUT2D eigenvalue weighted by atomic mass is 35.5. The molecule has 156 valence electrons. The maximum atomic E-state index is 11.9. The van der Waals surface area contributed by atoms with Crippen LogP contribution in [0.3, 0.4) is 0 Å². The maximum absolute atomic E-state index is 11.9. The first kappa shape index (κ1) is 21.2. The van der Waals surface area contributed by atoms with E-state index in [1.54, 1.807) is 6.07 Å². The van der Waals surface area contributed by atoms with Crippen molar-refractivity contribution in [2.24, 2.45) is 4.99 Å². The van der Waals surface area contributed by atoms with Crippen molar-refractivity contribution in [1.29, 1.82) is 0 Å². The van der Waals surface area contributed by atoms with Crippen molar-refractivity contribution < 1.29 is 0 Å². The molecule has 0 bridgehead atoms. The van der Waals surface area contributed by atoms with Crippen molar-refractivity contribution in [1.82, 2.24) is 14.8 Å². The van der Waals surface area contributed by atoms with Gasteiger partial charge in [-0.05, 0) is 38.0 Å². The first-order valence-electron chi connectivity index (χ1n) is 10.2. The largest absolute Gasteiger partial charge is 0.367 e. The molecule has 0 radical (unpaired) electrons. The molecular weight excluding hydrogens is 386 g/mol. The van der Waals surface area contributed by atoms with Gasteiger partial charge in [-0.3, -0.25) is 9.79 Å². The average molecular weight is 416 g/mol. The summed E-state index contributed by atoms with van der Waals surface area (Å²) >= 11 is 6.33. The third-order valence-corrected chi connectivity index (χ3v) is 5.66. The third-order valence-electron chi connectivity index (χ3n) is 5.34. The summed E-state index contributed by atoms with van der Waals surface area (Å²) in [6.45, 7) is 7.22. The Hall–Kier alpha value is -2.47. The van der Waals surface area contributed by atoms with E-state index >= 15 is 0 Å². The molecule has 0 spiro atoms. The van der Waals surface area contributed by atoms with Gasteiger partial charge in [-0.15, -0.1) is 0 Å². The molecule has 0 aliphatic carbocycles. The number of hydrogen-bond donors (Lipinski definition) is 1. The third kappa shape index (κ3) is 5.54. The van der Waals surface area contributed by atoms with E-state index < -0.39 is 0 Å². The van der Waals surface area contributed by atoms with E-state index in [1.165, 1.54) is 0 Å². The molecule has 0 unspecified atom stereocenters. The quantitative estimate of drug-likeness (QED) is 0.447. The van der Waals surface area contributed by atoms with E-state index in [9.17, 15) is 4.79 Å². The molecule has 2 heterocycles. The van der Waals surface area contributed by atoms with Gasteiger partial charge in [0, 0.05) is 58.1 Å². The van der Waals surface area contributed by atoms with Gasteiger partial charge in [-0.2, -0.15) is 0 Å². The first-order chi connectivity index (χ1) is 14.1. The Morgan fingerprint density at radius 3 is 2.52 bits per heavy atom. The fourth-order valence-electron chi connectivity index (χ4n) is 3.70. The molecule has 2 aromatic rings. The molecule has 1 aliphatic heterocycles. The smallest absolute Gasteiger partial charge is 0.250 e. The van der Waals surface area contributed by atoms with E-state index in [-0.39, 0.29) is 5.56 Å². The van der Waals surface area contributed by atoms with Gasteiger partial charge in [-0.1, -0.05) is 29.8 Å². The van der Waals surface area contributed by atoms with Crippen LogP contribution in [0.2, 0.25) is 5.02 Å². The van der Waals surface area contributed by atoms with Gasteiger partial charge < -0.3 is 19.7 Å². The zero-order valence-electron chi connectivity index (χ0n) is 17.3. The summed E-state index contributed by atoms with van der Waals surface area (Å²) in [5.41, 5.74) is 2.19. The molecule has 1 aromatic heterocycles. The van der Waals surface area contributed by atoms with E-state index in [0.717, 1.165) is 74.5 Å². The zero-order chi connectivity index (χ0) is 20.6. The number of aliphatic imine (C=N–C) groups is 1. The minimum Gasteiger partial charge on any atom is -0.367 e. The van der Waals surface area contributed by atoms with E-state index in [0.29, 0.717) is 0 Å². The zero-order valence-corrected chi connectivity index (χ0v) is 18.0. The molecule has 1 aliphatic rings. The Balaban J connectivity index is 1.42. The molecule has 1 aromatic carbocycles. The lowest BCUT2D eigenvalue weighted by molar-refractivity contribution is 0.372. The van der Waals surface area contributed by atoms with Crippen LogP contribution in [0.5, 0.6) is 0 Å². The minimum absolute atomic E-state index is 0.0742. The number of guanidine groups is 1. The Morgan fingerprint density at radius 2 is 1.83 bits per heavy atom. The first-order valence-corrected chi connectivity index (χ1v) is 10.6. The van der Waals surface area contributed by atoms with Gasteiger partial charge in [0.1, 0.15) is 0 Å². The van der Waals surface area contributed by atoms with Gasteiger partial charge in [0.05, 0.1) is 10.7 Å². The lowest BCUT2D eigenvalue weighted by Gasteiger charge is -2.38. The molecule has 0 amide bonds. The van der Waals surface area contributed by atoms with E-state index in [1.807, 2.05) is 48.9 Å². The second-order valence-electron chi connectivity index (χ2n) is 7.26. The number of benzene rings is 1. The second-order valence-corrected chi connectivity index (χ2v) is 7.67. The summed E-state index contributed by atoms with van der Waals surface area (Å²) in [4.78, 5) is 21.0. The predicted octanol–water partition coefficient (Wildman–Crippen LogP) is 2.99. The summed E-state index contributed by atoms with van der Waals surface area (Å²) < 4.78 is 1.84. The molecule has 29 heavy (non-hydrogen) atoms.